The van der Waals surface area contributed by atoms with Crippen LogP contribution in [0.5, 0.6) is 0 Å². The van der Waals surface area contributed by atoms with Crippen LogP contribution < -0.4 is 0 Å². The fourth-order valence-electron chi connectivity index (χ4n) is 1.46. The summed E-state index contributed by atoms with van der Waals surface area (Å²) in [4.78, 5) is 10.9. The molecular weight excluding hydrogens is 230 g/mol. The van der Waals surface area contributed by atoms with Crippen molar-refractivity contribution in [1.82, 2.24) is 5.06 Å². The van der Waals surface area contributed by atoms with Crippen LogP contribution in [-0.2, 0) is 16.1 Å². The van der Waals surface area contributed by atoms with Gasteiger partial charge in [0.2, 0.25) is 0 Å². The first-order valence-electron chi connectivity index (χ1n) is 5.76. The molecule has 1 aromatic carbocycles. The highest BCUT2D eigenvalue weighted by Crippen LogP contribution is 2.07. The van der Waals surface area contributed by atoms with Crippen LogP contribution in [0.3, 0.4) is 0 Å². The van der Waals surface area contributed by atoms with Crippen LogP contribution in [0.15, 0.2) is 30.3 Å². The molecule has 0 amide bonds. The average Bonchev–Trinajstić information content (AvgIpc) is 2.40. The molecule has 0 aliphatic carbocycles. The SMILES string of the molecule is CCC(C#CC(=O)OC)N(O)Cc1ccccc1. The molecule has 1 atom stereocenters. The van der Waals surface area contributed by atoms with Gasteiger partial charge in [-0.05, 0) is 12.0 Å². The van der Waals surface area contributed by atoms with Gasteiger partial charge in [0.05, 0.1) is 19.7 Å². The number of hydroxylamine groups is 2. The zero-order valence-electron chi connectivity index (χ0n) is 10.6. The van der Waals surface area contributed by atoms with Crippen LogP contribution in [0, 0.1) is 11.8 Å². The Morgan fingerprint density at radius 3 is 2.67 bits per heavy atom. The van der Waals surface area contributed by atoms with E-state index in [0.717, 1.165) is 10.6 Å². The summed E-state index contributed by atoms with van der Waals surface area (Å²) in [5.74, 6) is 4.43. The predicted molar refractivity (Wildman–Crippen MR) is 67.6 cm³/mol. The van der Waals surface area contributed by atoms with Crippen molar-refractivity contribution >= 4 is 5.97 Å². The van der Waals surface area contributed by atoms with Gasteiger partial charge in [0.15, 0.2) is 0 Å². The highest BCUT2D eigenvalue weighted by Gasteiger charge is 2.12. The third-order valence-electron chi connectivity index (χ3n) is 2.46. The van der Waals surface area contributed by atoms with Crippen molar-refractivity contribution in [3.63, 3.8) is 0 Å². The third kappa shape index (κ3) is 4.58. The highest BCUT2D eigenvalue weighted by atomic mass is 16.5. The van der Waals surface area contributed by atoms with Gasteiger partial charge in [0.1, 0.15) is 0 Å². The number of esters is 1. The number of carbonyl (C=O) groups is 1. The minimum atomic E-state index is -0.596. The second-order valence-corrected chi connectivity index (χ2v) is 3.77. The van der Waals surface area contributed by atoms with Crippen molar-refractivity contribution < 1.29 is 14.7 Å². The van der Waals surface area contributed by atoms with Crippen molar-refractivity contribution in [2.75, 3.05) is 7.11 Å². The number of methoxy groups -OCH3 is 1. The fourth-order valence-corrected chi connectivity index (χ4v) is 1.46. The minimum Gasteiger partial charge on any atom is -0.459 e. The quantitative estimate of drug-likeness (QED) is 0.382. The summed E-state index contributed by atoms with van der Waals surface area (Å²) in [5, 5.41) is 11.1. The summed E-state index contributed by atoms with van der Waals surface area (Å²) in [6.45, 7) is 2.26. The van der Waals surface area contributed by atoms with Crippen LogP contribution in [-0.4, -0.2) is 29.4 Å². The average molecular weight is 247 g/mol. The minimum absolute atomic E-state index is 0.370. The first-order valence-corrected chi connectivity index (χ1v) is 5.76. The van der Waals surface area contributed by atoms with Crippen LogP contribution in [0.2, 0.25) is 0 Å². The number of rotatable bonds is 4. The Labute approximate surface area is 107 Å². The summed E-state index contributed by atoms with van der Waals surface area (Å²) in [6, 6.07) is 9.19. The van der Waals surface area contributed by atoms with E-state index in [9.17, 15) is 10.0 Å². The van der Waals surface area contributed by atoms with Crippen molar-refractivity contribution in [2.45, 2.75) is 25.9 Å². The van der Waals surface area contributed by atoms with Crippen LogP contribution in [0.4, 0.5) is 0 Å². The molecule has 4 heteroatoms. The molecule has 96 valence electrons. The summed E-state index contributed by atoms with van der Waals surface area (Å²) in [6.07, 6.45) is 0.618. The molecule has 18 heavy (non-hydrogen) atoms. The maximum atomic E-state index is 10.9. The Bertz CT molecular complexity index is 433. The van der Waals surface area contributed by atoms with Gasteiger partial charge in [-0.15, -0.1) is 0 Å². The zero-order chi connectivity index (χ0) is 13.4. The Morgan fingerprint density at radius 2 is 2.11 bits per heavy atom. The monoisotopic (exact) mass is 247 g/mol. The summed E-state index contributed by atoms with van der Waals surface area (Å²) < 4.78 is 4.43. The van der Waals surface area contributed by atoms with Gasteiger partial charge < -0.3 is 9.94 Å². The second kappa shape index (κ2) is 7.49. The number of hydrogen-bond donors (Lipinski definition) is 1. The molecule has 1 aromatic rings. The second-order valence-electron chi connectivity index (χ2n) is 3.77. The van der Waals surface area contributed by atoms with E-state index in [0.29, 0.717) is 13.0 Å². The number of nitrogens with zero attached hydrogens (tertiary/aromatic N) is 1. The molecule has 0 aliphatic rings. The Hall–Kier alpha value is -1.83. The van der Waals surface area contributed by atoms with E-state index in [1.54, 1.807) is 0 Å². The molecule has 0 spiro atoms. The van der Waals surface area contributed by atoms with Crippen molar-refractivity contribution in [2.24, 2.45) is 0 Å². The number of carbonyl (C=O) groups excluding carboxylic acids is 1. The molecule has 0 bridgehead atoms. The predicted octanol–water partition coefficient (Wildman–Crippen LogP) is 1.83. The van der Waals surface area contributed by atoms with Crippen LogP contribution >= 0.6 is 0 Å². The smallest absolute Gasteiger partial charge is 0.384 e. The van der Waals surface area contributed by atoms with Gasteiger partial charge in [0, 0.05) is 5.92 Å². The van der Waals surface area contributed by atoms with Gasteiger partial charge in [-0.2, -0.15) is 5.06 Å². The molecule has 0 radical (unpaired) electrons. The van der Waals surface area contributed by atoms with E-state index >= 15 is 0 Å². The van der Waals surface area contributed by atoms with Crippen molar-refractivity contribution in [1.29, 1.82) is 0 Å². The molecule has 0 saturated carbocycles. The van der Waals surface area contributed by atoms with Gasteiger partial charge >= 0.3 is 5.97 Å². The van der Waals surface area contributed by atoms with Crippen LogP contribution in [0.25, 0.3) is 0 Å². The zero-order valence-corrected chi connectivity index (χ0v) is 10.6. The fraction of sp³-hybridized carbons (Fsp3) is 0.357. The third-order valence-corrected chi connectivity index (χ3v) is 2.46. The molecule has 4 nitrogen and oxygen atoms in total. The van der Waals surface area contributed by atoms with E-state index in [-0.39, 0.29) is 6.04 Å². The largest absolute Gasteiger partial charge is 0.459 e. The molecule has 0 aromatic heterocycles. The molecular formula is C14H17NO3. The lowest BCUT2D eigenvalue weighted by atomic mass is 10.2. The Kier molecular flexibility index (Phi) is 5.92. The summed E-state index contributed by atoms with van der Waals surface area (Å²) in [5.41, 5.74) is 0.985. The summed E-state index contributed by atoms with van der Waals surface area (Å²) in [7, 11) is 1.28. The number of hydrogen-bond acceptors (Lipinski definition) is 4. The van der Waals surface area contributed by atoms with Gasteiger partial charge in [0.25, 0.3) is 0 Å². The first kappa shape index (κ1) is 14.2. The standard InChI is InChI=1S/C14H17NO3/c1-3-13(9-10-14(16)18-2)15(17)11-12-7-5-4-6-8-12/h4-8,13,17H,3,11H2,1-2H3. The van der Waals surface area contributed by atoms with E-state index in [1.807, 2.05) is 37.3 Å². The molecule has 0 saturated heterocycles. The lowest BCUT2D eigenvalue weighted by Gasteiger charge is -2.20. The lowest BCUT2D eigenvalue weighted by Crippen LogP contribution is -2.30. The maximum Gasteiger partial charge on any atom is 0.384 e. The van der Waals surface area contributed by atoms with Gasteiger partial charge in [-0.1, -0.05) is 43.2 Å². The Balaban J connectivity index is 2.64. The molecule has 1 rings (SSSR count). The van der Waals surface area contributed by atoms with Crippen molar-refractivity contribution in [3.8, 4) is 11.8 Å². The summed E-state index contributed by atoms with van der Waals surface area (Å²) >= 11 is 0. The molecule has 1 N–H and O–H groups in total. The maximum absolute atomic E-state index is 10.9. The number of ether oxygens (including phenoxy) is 1. The van der Waals surface area contributed by atoms with Crippen LogP contribution in [0.1, 0.15) is 18.9 Å². The van der Waals surface area contributed by atoms with E-state index in [2.05, 4.69) is 16.6 Å². The lowest BCUT2D eigenvalue weighted by molar-refractivity contribution is -0.133. The number of benzene rings is 1. The topological polar surface area (TPSA) is 49.8 Å². The van der Waals surface area contributed by atoms with E-state index < -0.39 is 5.97 Å². The normalized spacial score (nSPS) is 11.6. The molecule has 1 unspecified atom stereocenters. The molecule has 0 aliphatic heterocycles. The van der Waals surface area contributed by atoms with E-state index in [1.165, 1.54) is 7.11 Å². The Morgan fingerprint density at radius 1 is 1.44 bits per heavy atom. The van der Waals surface area contributed by atoms with Gasteiger partial charge in [-0.3, -0.25) is 0 Å². The highest BCUT2D eigenvalue weighted by molar-refractivity contribution is 5.88. The van der Waals surface area contributed by atoms with Crippen molar-refractivity contribution in [3.05, 3.63) is 35.9 Å². The molecule has 0 heterocycles. The first-order chi connectivity index (χ1) is 8.67. The van der Waals surface area contributed by atoms with Gasteiger partial charge in [-0.25, -0.2) is 4.79 Å². The molecule has 0 fully saturated rings. The van der Waals surface area contributed by atoms with E-state index in [4.69, 9.17) is 0 Å².